The van der Waals surface area contributed by atoms with Crippen molar-refractivity contribution in [2.45, 2.75) is 18.9 Å². The zero-order chi connectivity index (χ0) is 21.8. The smallest absolute Gasteiger partial charge is 0.400 e. The molecule has 2 aromatic carbocycles. The van der Waals surface area contributed by atoms with E-state index in [4.69, 9.17) is 18.6 Å². The number of morpholine rings is 1. The van der Waals surface area contributed by atoms with Crippen molar-refractivity contribution in [3.63, 3.8) is 0 Å². The number of aromatic nitrogens is 1. The number of likely N-dealkylation sites (tertiary alicyclic amines) is 1. The number of amides is 1. The number of oxazole rings is 1. The topological polar surface area (TPSA) is 77.3 Å². The first-order chi connectivity index (χ1) is 15.7. The molecule has 1 aromatic heterocycles. The molecule has 0 atom stereocenters. The van der Waals surface area contributed by atoms with E-state index in [2.05, 4.69) is 9.88 Å². The molecule has 3 heterocycles. The van der Waals surface area contributed by atoms with E-state index in [1.54, 1.807) is 0 Å². The van der Waals surface area contributed by atoms with E-state index in [1.165, 1.54) is 0 Å². The molecule has 8 heteroatoms. The number of carbonyl (C=O) groups excluding carboxylic acids is 1. The summed E-state index contributed by atoms with van der Waals surface area (Å²) in [7, 11) is 0. The zero-order valence-electron chi connectivity index (χ0n) is 17.9. The van der Waals surface area contributed by atoms with Gasteiger partial charge < -0.3 is 23.5 Å². The van der Waals surface area contributed by atoms with Crippen LogP contribution in [0.2, 0.25) is 0 Å². The van der Waals surface area contributed by atoms with E-state index < -0.39 is 0 Å². The summed E-state index contributed by atoms with van der Waals surface area (Å²) < 4.78 is 22.4. The largest absolute Gasteiger partial charge is 0.492 e. The summed E-state index contributed by atoms with van der Waals surface area (Å²) in [5.41, 5.74) is 1.46. The average molecular weight is 437 g/mol. The average Bonchev–Trinajstić information content (AvgIpc) is 3.23. The fourth-order valence-electron chi connectivity index (χ4n) is 4.26. The van der Waals surface area contributed by atoms with Gasteiger partial charge in [0.2, 0.25) is 5.91 Å². The summed E-state index contributed by atoms with van der Waals surface area (Å²) in [6.07, 6.45) is 2.24. The molecule has 0 aliphatic carbocycles. The second kappa shape index (κ2) is 9.58. The van der Waals surface area contributed by atoms with E-state index in [9.17, 15) is 4.79 Å². The number of carbonyl (C=O) groups is 1. The Labute approximate surface area is 186 Å². The van der Waals surface area contributed by atoms with Crippen LogP contribution in [-0.4, -0.2) is 72.7 Å². The summed E-state index contributed by atoms with van der Waals surface area (Å²) in [5.74, 6) is 1.56. The van der Waals surface area contributed by atoms with Crippen LogP contribution in [0.3, 0.4) is 0 Å². The molecule has 0 unspecified atom stereocenters. The standard InChI is InChI=1S/C24H27N3O5/c28-23-17-29-15-14-27(23)18-9-11-26(12-10-18)13-16-30-19-5-7-20(8-6-19)31-24-25-21-3-1-2-4-22(21)32-24/h1-8,18H,9-17H2. The SMILES string of the molecule is O=C1COCCN1C1CCN(CCOc2ccc(Oc3nc4ccccc4o3)cc2)CC1. The quantitative estimate of drug-likeness (QED) is 0.561. The summed E-state index contributed by atoms with van der Waals surface area (Å²) >= 11 is 0. The third-order valence-corrected chi connectivity index (χ3v) is 6.00. The summed E-state index contributed by atoms with van der Waals surface area (Å²) in [6, 6.07) is 15.3. The highest BCUT2D eigenvalue weighted by Crippen LogP contribution is 2.26. The van der Waals surface area contributed by atoms with Gasteiger partial charge in [-0.05, 0) is 49.2 Å². The Hall–Kier alpha value is -3.10. The molecule has 3 aromatic rings. The van der Waals surface area contributed by atoms with Crippen molar-refractivity contribution in [1.29, 1.82) is 0 Å². The zero-order valence-corrected chi connectivity index (χ0v) is 17.9. The maximum Gasteiger partial charge on any atom is 0.400 e. The van der Waals surface area contributed by atoms with Crippen LogP contribution in [-0.2, 0) is 9.53 Å². The first kappa shape index (κ1) is 20.8. The number of ether oxygens (including phenoxy) is 3. The van der Waals surface area contributed by atoms with E-state index >= 15 is 0 Å². The summed E-state index contributed by atoms with van der Waals surface area (Å²) in [6.45, 7) is 5.05. The Morgan fingerprint density at radius 1 is 1.00 bits per heavy atom. The van der Waals surface area contributed by atoms with Crippen LogP contribution >= 0.6 is 0 Å². The molecule has 2 fully saturated rings. The number of hydrogen-bond acceptors (Lipinski definition) is 7. The lowest BCUT2D eigenvalue weighted by Gasteiger charge is -2.40. The van der Waals surface area contributed by atoms with Crippen LogP contribution in [0.1, 0.15) is 12.8 Å². The highest BCUT2D eigenvalue weighted by molar-refractivity contribution is 5.78. The monoisotopic (exact) mass is 437 g/mol. The minimum Gasteiger partial charge on any atom is -0.492 e. The van der Waals surface area contributed by atoms with Gasteiger partial charge in [0, 0.05) is 32.2 Å². The normalized spacial score (nSPS) is 18.2. The highest BCUT2D eigenvalue weighted by Gasteiger charge is 2.29. The Kier molecular flexibility index (Phi) is 6.22. The molecule has 2 aliphatic rings. The van der Waals surface area contributed by atoms with Gasteiger partial charge in [-0.2, -0.15) is 4.98 Å². The molecule has 0 bridgehead atoms. The number of hydrogen-bond donors (Lipinski definition) is 0. The van der Waals surface area contributed by atoms with Crippen LogP contribution in [0.25, 0.3) is 11.1 Å². The lowest BCUT2D eigenvalue weighted by molar-refractivity contribution is -0.146. The molecule has 2 aliphatic heterocycles. The van der Waals surface area contributed by atoms with Crippen molar-refractivity contribution in [1.82, 2.24) is 14.8 Å². The number of para-hydroxylation sites is 2. The number of fused-ring (bicyclic) bond motifs is 1. The van der Waals surface area contributed by atoms with Crippen LogP contribution in [0, 0.1) is 0 Å². The van der Waals surface area contributed by atoms with Gasteiger partial charge in [-0.1, -0.05) is 12.1 Å². The van der Waals surface area contributed by atoms with Gasteiger partial charge in [-0.15, -0.1) is 0 Å². The predicted octanol–water partition coefficient (Wildman–Crippen LogP) is 3.32. The molecule has 32 heavy (non-hydrogen) atoms. The molecule has 0 spiro atoms. The van der Waals surface area contributed by atoms with E-state index in [1.807, 2.05) is 53.4 Å². The first-order valence-electron chi connectivity index (χ1n) is 11.1. The predicted molar refractivity (Wildman–Crippen MR) is 118 cm³/mol. The van der Waals surface area contributed by atoms with Gasteiger partial charge in [0.05, 0.1) is 6.61 Å². The van der Waals surface area contributed by atoms with E-state index in [0.717, 1.165) is 50.3 Å². The van der Waals surface area contributed by atoms with Crippen molar-refractivity contribution >= 4 is 17.0 Å². The van der Waals surface area contributed by atoms with Gasteiger partial charge in [0.15, 0.2) is 5.58 Å². The number of nitrogens with zero attached hydrogens (tertiary/aromatic N) is 3. The second-order valence-electron chi connectivity index (χ2n) is 8.08. The Morgan fingerprint density at radius 2 is 1.78 bits per heavy atom. The van der Waals surface area contributed by atoms with Crippen molar-refractivity contribution in [2.24, 2.45) is 0 Å². The van der Waals surface area contributed by atoms with Gasteiger partial charge in [-0.25, -0.2) is 0 Å². The number of piperidine rings is 1. The lowest BCUT2D eigenvalue weighted by Crippen LogP contribution is -2.52. The van der Waals surface area contributed by atoms with Crippen molar-refractivity contribution in [3.8, 4) is 17.6 Å². The van der Waals surface area contributed by atoms with Crippen molar-refractivity contribution in [3.05, 3.63) is 48.5 Å². The fraction of sp³-hybridized carbons (Fsp3) is 0.417. The number of rotatable bonds is 7. The molecule has 0 saturated carbocycles. The Morgan fingerprint density at radius 3 is 2.56 bits per heavy atom. The first-order valence-corrected chi connectivity index (χ1v) is 11.1. The van der Waals surface area contributed by atoms with Crippen LogP contribution in [0.5, 0.6) is 17.6 Å². The maximum absolute atomic E-state index is 12.0. The van der Waals surface area contributed by atoms with E-state index in [0.29, 0.717) is 30.6 Å². The molecular weight excluding hydrogens is 410 g/mol. The molecule has 5 rings (SSSR count). The molecular formula is C24H27N3O5. The number of benzene rings is 2. The third-order valence-electron chi connectivity index (χ3n) is 6.00. The van der Waals surface area contributed by atoms with Gasteiger partial charge in [-0.3, -0.25) is 9.69 Å². The Bertz CT molecular complexity index is 1010. The molecule has 2 saturated heterocycles. The third kappa shape index (κ3) is 4.87. The van der Waals surface area contributed by atoms with Gasteiger partial charge in [0.1, 0.15) is 30.2 Å². The lowest BCUT2D eigenvalue weighted by atomic mass is 10.0. The van der Waals surface area contributed by atoms with Crippen LogP contribution < -0.4 is 9.47 Å². The second-order valence-corrected chi connectivity index (χ2v) is 8.08. The maximum atomic E-state index is 12.0. The molecule has 0 N–H and O–H groups in total. The minimum absolute atomic E-state index is 0.126. The van der Waals surface area contributed by atoms with Crippen LogP contribution in [0.4, 0.5) is 0 Å². The van der Waals surface area contributed by atoms with Gasteiger partial charge >= 0.3 is 6.08 Å². The van der Waals surface area contributed by atoms with E-state index in [-0.39, 0.29) is 18.6 Å². The summed E-state index contributed by atoms with van der Waals surface area (Å²) in [5, 5.41) is 0. The Balaban J connectivity index is 1.05. The summed E-state index contributed by atoms with van der Waals surface area (Å²) in [4.78, 5) is 20.7. The molecule has 1 amide bonds. The highest BCUT2D eigenvalue weighted by atomic mass is 16.6. The van der Waals surface area contributed by atoms with Crippen molar-refractivity contribution in [2.75, 3.05) is 46.0 Å². The minimum atomic E-state index is 0.126. The molecule has 168 valence electrons. The fourth-order valence-corrected chi connectivity index (χ4v) is 4.26. The van der Waals surface area contributed by atoms with Crippen LogP contribution in [0.15, 0.2) is 52.9 Å². The molecule has 0 radical (unpaired) electrons. The van der Waals surface area contributed by atoms with Crippen molar-refractivity contribution < 1.29 is 23.4 Å². The van der Waals surface area contributed by atoms with Gasteiger partial charge in [0.25, 0.3) is 0 Å². The molecule has 8 nitrogen and oxygen atoms in total.